The normalized spacial score (nSPS) is 20.2. The third kappa shape index (κ3) is 3.57. The topological polar surface area (TPSA) is 24.9 Å². The van der Waals surface area contributed by atoms with Crippen LogP contribution in [0.25, 0.3) is 0 Å². The van der Waals surface area contributed by atoms with Gasteiger partial charge in [-0.3, -0.25) is 0 Å². The second kappa shape index (κ2) is 5.17. The lowest BCUT2D eigenvalue weighted by Crippen LogP contribution is -2.25. The standard InChI is InChI=1S/C16H26N2S/c1-16(2,3)15-18-13(10-19-15)8-17-9-14(11-4-5-11)12-6-7-12/h10-12,14,17H,4-9H2,1-3H3. The van der Waals surface area contributed by atoms with Gasteiger partial charge >= 0.3 is 0 Å². The molecule has 2 nitrogen and oxygen atoms in total. The Bertz CT molecular complexity index is 412. The van der Waals surface area contributed by atoms with E-state index in [4.69, 9.17) is 4.98 Å². The van der Waals surface area contributed by atoms with E-state index in [2.05, 4.69) is 31.5 Å². The first-order chi connectivity index (χ1) is 9.04. The lowest BCUT2D eigenvalue weighted by Gasteiger charge is -2.16. The number of hydrogen-bond donors (Lipinski definition) is 1. The van der Waals surface area contributed by atoms with Gasteiger partial charge in [0.05, 0.1) is 10.7 Å². The first kappa shape index (κ1) is 13.6. The number of aromatic nitrogens is 1. The zero-order valence-electron chi connectivity index (χ0n) is 12.4. The summed E-state index contributed by atoms with van der Waals surface area (Å²) in [5, 5.41) is 7.13. The van der Waals surface area contributed by atoms with E-state index < -0.39 is 0 Å². The molecule has 1 heterocycles. The lowest BCUT2D eigenvalue weighted by atomic mass is 9.98. The summed E-state index contributed by atoms with van der Waals surface area (Å²) >= 11 is 1.80. The van der Waals surface area contributed by atoms with E-state index >= 15 is 0 Å². The minimum Gasteiger partial charge on any atom is -0.311 e. The third-order valence-electron chi connectivity index (χ3n) is 4.33. The first-order valence-electron chi connectivity index (χ1n) is 7.69. The SMILES string of the molecule is CC(C)(C)c1nc(CNCC(C2CC2)C2CC2)cs1. The predicted octanol–water partition coefficient (Wildman–Crippen LogP) is 3.97. The molecule has 1 aromatic heterocycles. The zero-order valence-corrected chi connectivity index (χ0v) is 13.2. The van der Waals surface area contributed by atoms with Gasteiger partial charge in [-0.25, -0.2) is 4.98 Å². The van der Waals surface area contributed by atoms with Gasteiger partial charge in [-0.15, -0.1) is 11.3 Å². The number of thiazole rings is 1. The van der Waals surface area contributed by atoms with Crippen molar-refractivity contribution in [3.8, 4) is 0 Å². The van der Waals surface area contributed by atoms with E-state index in [0.717, 1.165) is 24.3 Å². The lowest BCUT2D eigenvalue weighted by molar-refractivity contribution is 0.377. The molecule has 2 aliphatic rings. The Kier molecular flexibility index (Phi) is 3.69. The summed E-state index contributed by atoms with van der Waals surface area (Å²) in [7, 11) is 0. The highest BCUT2D eigenvalue weighted by Crippen LogP contribution is 2.48. The number of nitrogens with zero attached hydrogens (tertiary/aromatic N) is 1. The smallest absolute Gasteiger partial charge is 0.0982 e. The summed E-state index contributed by atoms with van der Waals surface area (Å²) in [6, 6.07) is 0. The molecule has 0 amide bonds. The number of nitrogens with one attached hydrogen (secondary N) is 1. The van der Waals surface area contributed by atoms with Crippen molar-refractivity contribution in [3.05, 3.63) is 16.1 Å². The molecule has 106 valence electrons. The van der Waals surface area contributed by atoms with E-state index in [-0.39, 0.29) is 5.41 Å². The fourth-order valence-corrected chi connectivity index (χ4v) is 3.77. The van der Waals surface area contributed by atoms with Crippen LogP contribution in [0.1, 0.15) is 57.2 Å². The molecule has 2 fully saturated rings. The molecule has 0 radical (unpaired) electrons. The van der Waals surface area contributed by atoms with Crippen LogP contribution in [0.4, 0.5) is 0 Å². The van der Waals surface area contributed by atoms with E-state index in [1.807, 2.05) is 0 Å². The van der Waals surface area contributed by atoms with Gasteiger partial charge in [-0.2, -0.15) is 0 Å². The van der Waals surface area contributed by atoms with Crippen molar-refractivity contribution in [3.63, 3.8) is 0 Å². The van der Waals surface area contributed by atoms with Crippen LogP contribution in [0.5, 0.6) is 0 Å². The van der Waals surface area contributed by atoms with Crippen molar-refractivity contribution in [1.29, 1.82) is 0 Å². The molecule has 1 N–H and O–H groups in total. The number of rotatable bonds is 6. The first-order valence-corrected chi connectivity index (χ1v) is 8.57. The Hall–Kier alpha value is -0.410. The second-order valence-electron chi connectivity index (χ2n) is 7.36. The molecule has 0 aromatic carbocycles. The molecular formula is C16H26N2S. The molecule has 0 saturated heterocycles. The fraction of sp³-hybridized carbons (Fsp3) is 0.812. The Balaban J connectivity index is 1.47. The van der Waals surface area contributed by atoms with E-state index in [0.29, 0.717) is 0 Å². The summed E-state index contributed by atoms with van der Waals surface area (Å²) in [6.07, 6.45) is 5.92. The van der Waals surface area contributed by atoms with E-state index in [9.17, 15) is 0 Å². The van der Waals surface area contributed by atoms with Crippen LogP contribution in [0.3, 0.4) is 0 Å². The largest absolute Gasteiger partial charge is 0.311 e. The molecule has 2 saturated carbocycles. The Morgan fingerprint density at radius 3 is 2.37 bits per heavy atom. The Morgan fingerprint density at radius 1 is 1.26 bits per heavy atom. The summed E-state index contributed by atoms with van der Waals surface area (Å²) in [5.41, 5.74) is 1.41. The summed E-state index contributed by atoms with van der Waals surface area (Å²) < 4.78 is 0. The van der Waals surface area contributed by atoms with Gasteiger partial charge in [-0.1, -0.05) is 20.8 Å². The van der Waals surface area contributed by atoms with Gasteiger partial charge in [0, 0.05) is 17.3 Å². The number of hydrogen-bond acceptors (Lipinski definition) is 3. The minimum absolute atomic E-state index is 0.188. The van der Waals surface area contributed by atoms with Gasteiger partial charge in [0.1, 0.15) is 0 Å². The minimum atomic E-state index is 0.188. The maximum absolute atomic E-state index is 4.76. The maximum atomic E-state index is 4.76. The monoisotopic (exact) mass is 278 g/mol. The van der Waals surface area contributed by atoms with E-state index in [1.54, 1.807) is 11.3 Å². The van der Waals surface area contributed by atoms with Crippen molar-refractivity contribution < 1.29 is 0 Å². The Morgan fingerprint density at radius 2 is 1.89 bits per heavy atom. The van der Waals surface area contributed by atoms with Crippen LogP contribution >= 0.6 is 11.3 Å². The van der Waals surface area contributed by atoms with Crippen molar-refractivity contribution in [2.45, 2.75) is 58.4 Å². The summed E-state index contributed by atoms with van der Waals surface area (Å²) in [5.74, 6) is 3.04. The molecule has 1 aromatic rings. The second-order valence-corrected chi connectivity index (χ2v) is 8.22. The third-order valence-corrected chi connectivity index (χ3v) is 5.65. The molecule has 2 aliphatic carbocycles. The molecule has 19 heavy (non-hydrogen) atoms. The molecule has 3 heteroatoms. The van der Waals surface area contributed by atoms with Crippen molar-refractivity contribution >= 4 is 11.3 Å². The van der Waals surface area contributed by atoms with E-state index in [1.165, 1.54) is 42.9 Å². The van der Waals surface area contributed by atoms with Gasteiger partial charge in [0.2, 0.25) is 0 Å². The molecule has 0 aliphatic heterocycles. The molecular weight excluding hydrogens is 252 g/mol. The molecule has 3 rings (SSSR count). The summed E-state index contributed by atoms with van der Waals surface area (Å²) in [6.45, 7) is 8.86. The fourth-order valence-electron chi connectivity index (χ4n) is 2.87. The molecule has 0 atom stereocenters. The molecule has 0 unspecified atom stereocenters. The quantitative estimate of drug-likeness (QED) is 0.852. The zero-order chi connectivity index (χ0) is 13.5. The van der Waals surface area contributed by atoms with Crippen molar-refractivity contribution in [1.82, 2.24) is 10.3 Å². The van der Waals surface area contributed by atoms with Crippen LogP contribution in [0.2, 0.25) is 0 Å². The van der Waals surface area contributed by atoms with Gasteiger partial charge in [0.25, 0.3) is 0 Å². The van der Waals surface area contributed by atoms with Gasteiger partial charge in [-0.05, 0) is 50.0 Å². The van der Waals surface area contributed by atoms with Crippen molar-refractivity contribution in [2.24, 2.45) is 17.8 Å². The summed E-state index contributed by atoms with van der Waals surface area (Å²) in [4.78, 5) is 4.76. The Labute approximate surface area is 121 Å². The average molecular weight is 278 g/mol. The van der Waals surface area contributed by atoms with Crippen molar-refractivity contribution in [2.75, 3.05) is 6.54 Å². The molecule has 0 spiro atoms. The van der Waals surface area contributed by atoms with Gasteiger partial charge in [0.15, 0.2) is 0 Å². The highest BCUT2D eigenvalue weighted by atomic mass is 32.1. The highest BCUT2D eigenvalue weighted by Gasteiger charge is 2.40. The highest BCUT2D eigenvalue weighted by molar-refractivity contribution is 7.09. The average Bonchev–Trinajstić information content (AvgIpc) is 3.24. The van der Waals surface area contributed by atoms with Crippen LogP contribution < -0.4 is 5.32 Å². The maximum Gasteiger partial charge on any atom is 0.0982 e. The van der Waals surface area contributed by atoms with Crippen LogP contribution in [0, 0.1) is 17.8 Å². The molecule has 0 bridgehead atoms. The van der Waals surface area contributed by atoms with Crippen LogP contribution in [0.15, 0.2) is 5.38 Å². The van der Waals surface area contributed by atoms with Gasteiger partial charge < -0.3 is 5.32 Å². The predicted molar refractivity (Wildman–Crippen MR) is 81.5 cm³/mol. The van der Waals surface area contributed by atoms with Crippen LogP contribution in [-0.4, -0.2) is 11.5 Å². The van der Waals surface area contributed by atoms with Crippen LogP contribution in [-0.2, 0) is 12.0 Å².